The van der Waals surface area contributed by atoms with E-state index in [-0.39, 0.29) is 6.10 Å². The number of morpholine rings is 1. The van der Waals surface area contributed by atoms with Crippen molar-refractivity contribution in [2.24, 2.45) is 0 Å². The van der Waals surface area contributed by atoms with Crippen molar-refractivity contribution >= 4 is 0 Å². The Labute approximate surface area is 66.9 Å². The van der Waals surface area contributed by atoms with E-state index < -0.39 is 0 Å². The normalized spacial score (nSPS) is 40.1. The first-order valence-corrected chi connectivity index (χ1v) is 4.36. The highest BCUT2D eigenvalue weighted by molar-refractivity contribution is 4.83. The average molecular weight is 157 g/mol. The fourth-order valence-corrected chi connectivity index (χ4v) is 1.95. The Morgan fingerprint density at radius 1 is 1.36 bits per heavy atom. The topological polar surface area (TPSA) is 32.7 Å². The van der Waals surface area contributed by atoms with Crippen molar-refractivity contribution < 1.29 is 9.84 Å². The standard InChI is InChI=1S/C8H15NO2/c10-8-1-2-9-3-4-11-6-7(9)5-8/h7-8,10H,1-6H2/t7-,8+/m0/s1. The molecular formula is C8H15NO2. The Morgan fingerprint density at radius 3 is 3.18 bits per heavy atom. The van der Waals surface area contributed by atoms with Crippen LogP contribution < -0.4 is 0 Å². The molecule has 2 atom stereocenters. The van der Waals surface area contributed by atoms with Gasteiger partial charge in [-0.05, 0) is 12.8 Å². The quantitative estimate of drug-likeness (QED) is 0.530. The first-order chi connectivity index (χ1) is 5.36. The van der Waals surface area contributed by atoms with Gasteiger partial charge in [0.15, 0.2) is 0 Å². The van der Waals surface area contributed by atoms with Crippen LogP contribution in [-0.2, 0) is 4.74 Å². The van der Waals surface area contributed by atoms with Crippen molar-refractivity contribution in [3.63, 3.8) is 0 Å². The number of aliphatic hydroxyl groups excluding tert-OH is 1. The predicted octanol–water partition coefficient (Wildman–Crippen LogP) is -0.158. The number of rotatable bonds is 0. The summed E-state index contributed by atoms with van der Waals surface area (Å²) in [5.41, 5.74) is 0. The molecule has 0 saturated carbocycles. The molecule has 11 heavy (non-hydrogen) atoms. The van der Waals surface area contributed by atoms with E-state index in [2.05, 4.69) is 4.90 Å². The van der Waals surface area contributed by atoms with E-state index in [9.17, 15) is 5.11 Å². The lowest BCUT2D eigenvalue weighted by atomic mass is 9.99. The zero-order chi connectivity index (χ0) is 7.68. The summed E-state index contributed by atoms with van der Waals surface area (Å²) in [6.45, 7) is 3.79. The summed E-state index contributed by atoms with van der Waals surface area (Å²) in [5.74, 6) is 0. The maximum atomic E-state index is 9.37. The molecule has 0 aromatic heterocycles. The highest BCUT2D eigenvalue weighted by Gasteiger charge is 2.29. The summed E-state index contributed by atoms with van der Waals surface area (Å²) in [5, 5.41) is 9.37. The van der Waals surface area contributed by atoms with E-state index in [1.807, 2.05) is 0 Å². The summed E-state index contributed by atoms with van der Waals surface area (Å²) in [6.07, 6.45) is 1.76. The maximum absolute atomic E-state index is 9.37. The van der Waals surface area contributed by atoms with Crippen LogP contribution in [0.3, 0.4) is 0 Å². The zero-order valence-corrected chi connectivity index (χ0v) is 6.70. The average Bonchev–Trinajstić information content (AvgIpc) is 2.04. The minimum Gasteiger partial charge on any atom is -0.393 e. The predicted molar refractivity (Wildman–Crippen MR) is 41.4 cm³/mol. The largest absolute Gasteiger partial charge is 0.393 e. The lowest BCUT2D eigenvalue weighted by molar-refractivity contribution is -0.0530. The van der Waals surface area contributed by atoms with Crippen LogP contribution in [-0.4, -0.2) is 48.5 Å². The minimum atomic E-state index is -0.0852. The molecule has 3 heteroatoms. The molecule has 0 bridgehead atoms. The third-order valence-corrected chi connectivity index (χ3v) is 2.64. The number of ether oxygens (including phenoxy) is 1. The summed E-state index contributed by atoms with van der Waals surface area (Å²) in [7, 11) is 0. The van der Waals surface area contributed by atoms with Gasteiger partial charge in [0.05, 0.1) is 19.3 Å². The van der Waals surface area contributed by atoms with Crippen LogP contribution in [0.5, 0.6) is 0 Å². The molecule has 0 aromatic rings. The second kappa shape index (κ2) is 3.09. The van der Waals surface area contributed by atoms with Gasteiger partial charge < -0.3 is 9.84 Å². The molecule has 0 spiro atoms. The molecule has 2 aliphatic rings. The molecule has 2 rings (SSSR count). The van der Waals surface area contributed by atoms with Crippen LogP contribution in [0.1, 0.15) is 12.8 Å². The van der Waals surface area contributed by atoms with Crippen LogP contribution >= 0.6 is 0 Å². The summed E-state index contributed by atoms with van der Waals surface area (Å²) in [6, 6.07) is 0.493. The number of nitrogens with zero attached hydrogens (tertiary/aromatic N) is 1. The fraction of sp³-hybridized carbons (Fsp3) is 1.00. The maximum Gasteiger partial charge on any atom is 0.0623 e. The van der Waals surface area contributed by atoms with Gasteiger partial charge >= 0.3 is 0 Å². The Balaban J connectivity index is 1.93. The molecule has 0 aliphatic carbocycles. The van der Waals surface area contributed by atoms with E-state index in [4.69, 9.17) is 4.74 Å². The molecular weight excluding hydrogens is 142 g/mol. The number of piperidine rings is 1. The van der Waals surface area contributed by atoms with Crippen LogP contribution in [0.15, 0.2) is 0 Å². The van der Waals surface area contributed by atoms with Gasteiger partial charge in [-0.2, -0.15) is 0 Å². The van der Waals surface area contributed by atoms with Crippen molar-refractivity contribution in [3.05, 3.63) is 0 Å². The smallest absolute Gasteiger partial charge is 0.0623 e. The van der Waals surface area contributed by atoms with Crippen LogP contribution in [0.4, 0.5) is 0 Å². The van der Waals surface area contributed by atoms with Crippen molar-refractivity contribution in [3.8, 4) is 0 Å². The lowest BCUT2D eigenvalue weighted by Crippen LogP contribution is -2.51. The van der Waals surface area contributed by atoms with E-state index in [1.165, 1.54) is 0 Å². The van der Waals surface area contributed by atoms with Crippen LogP contribution in [0, 0.1) is 0 Å². The van der Waals surface area contributed by atoms with E-state index in [1.54, 1.807) is 0 Å². The van der Waals surface area contributed by atoms with Gasteiger partial charge in [-0.3, -0.25) is 4.90 Å². The first-order valence-electron chi connectivity index (χ1n) is 4.36. The number of hydrogen-bond donors (Lipinski definition) is 1. The highest BCUT2D eigenvalue weighted by atomic mass is 16.5. The summed E-state index contributed by atoms with van der Waals surface area (Å²) in [4.78, 5) is 2.43. The molecule has 2 fully saturated rings. The first kappa shape index (κ1) is 7.53. The van der Waals surface area contributed by atoms with E-state index in [0.717, 1.165) is 39.1 Å². The van der Waals surface area contributed by atoms with Gasteiger partial charge in [0.25, 0.3) is 0 Å². The van der Waals surface area contributed by atoms with Crippen LogP contribution in [0.2, 0.25) is 0 Å². The van der Waals surface area contributed by atoms with Crippen molar-refractivity contribution in [1.82, 2.24) is 4.90 Å². The number of fused-ring (bicyclic) bond motifs is 1. The molecule has 64 valence electrons. The second-order valence-corrected chi connectivity index (χ2v) is 3.44. The molecule has 3 nitrogen and oxygen atoms in total. The molecule has 2 heterocycles. The van der Waals surface area contributed by atoms with Crippen molar-refractivity contribution in [2.75, 3.05) is 26.3 Å². The van der Waals surface area contributed by atoms with Gasteiger partial charge in [-0.15, -0.1) is 0 Å². The van der Waals surface area contributed by atoms with Gasteiger partial charge in [-0.25, -0.2) is 0 Å². The molecule has 2 saturated heterocycles. The van der Waals surface area contributed by atoms with Crippen molar-refractivity contribution in [2.45, 2.75) is 25.0 Å². The monoisotopic (exact) mass is 157 g/mol. The Bertz CT molecular complexity index is 140. The lowest BCUT2D eigenvalue weighted by Gasteiger charge is -2.40. The highest BCUT2D eigenvalue weighted by Crippen LogP contribution is 2.19. The third-order valence-electron chi connectivity index (χ3n) is 2.64. The zero-order valence-electron chi connectivity index (χ0n) is 6.70. The Morgan fingerprint density at radius 2 is 2.27 bits per heavy atom. The van der Waals surface area contributed by atoms with E-state index in [0.29, 0.717) is 6.04 Å². The summed E-state index contributed by atoms with van der Waals surface area (Å²) >= 11 is 0. The molecule has 0 unspecified atom stereocenters. The molecule has 0 aromatic carbocycles. The molecule has 0 amide bonds. The van der Waals surface area contributed by atoms with Crippen molar-refractivity contribution in [1.29, 1.82) is 0 Å². The van der Waals surface area contributed by atoms with Gasteiger partial charge in [0.1, 0.15) is 0 Å². The number of hydrogen-bond acceptors (Lipinski definition) is 3. The van der Waals surface area contributed by atoms with E-state index >= 15 is 0 Å². The van der Waals surface area contributed by atoms with Gasteiger partial charge in [0.2, 0.25) is 0 Å². The second-order valence-electron chi connectivity index (χ2n) is 3.44. The fourth-order valence-electron chi connectivity index (χ4n) is 1.95. The minimum absolute atomic E-state index is 0.0852. The Hall–Kier alpha value is -0.120. The molecule has 1 N–H and O–H groups in total. The van der Waals surface area contributed by atoms with Gasteiger partial charge in [0, 0.05) is 19.1 Å². The number of aliphatic hydroxyl groups is 1. The molecule has 2 aliphatic heterocycles. The SMILES string of the molecule is O[C@@H]1CCN2CCOC[C@@H]2C1. The third kappa shape index (κ3) is 1.55. The van der Waals surface area contributed by atoms with Gasteiger partial charge in [-0.1, -0.05) is 0 Å². The molecule has 0 radical (unpaired) electrons. The summed E-state index contributed by atoms with van der Waals surface area (Å²) < 4.78 is 5.33. The van der Waals surface area contributed by atoms with Crippen LogP contribution in [0.25, 0.3) is 0 Å². The Kier molecular flexibility index (Phi) is 2.11.